The normalized spacial score (nSPS) is 16.2. The summed E-state index contributed by atoms with van der Waals surface area (Å²) in [5, 5.41) is 0.158. The monoisotopic (exact) mass is 426 g/mol. The van der Waals surface area contributed by atoms with E-state index >= 15 is 0 Å². The number of alkyl halides is 1. The highest BCUT2D eigenvalue weighted by Gasteiger charge is 2.38. The zero-order chi connectivity index (χ0) is 17.1. The van der Waals surface area contributed by atoms with Crippen molar-refractivity contribution in [3.8, 4) is 0 Å². The van der Waals surface area contributed by atoms with Crippen LogP contribution in [0.1, 0.15) is 41.5 Å². The van der Waals surface area contributed by atoms with Gasteiger partial charge in [0.05, 0.1) is 0 Å². The van der Waals surface area contributed by atoms with Gasteiger partial charge in [-0.3, -0.25) is 4.79 Å². The molecule has 0 N–H and O–H groups in total. The molecule has 0 amide bonds. The summed E-state index contributed by atoms with van der Waals surface area (Å²) in [6.07, 6.45) is 1.80. The minimum Gasteiger partial charge on any atom is -0.459 e. The summed E-state index contributed by atoms with van der Waals surface area (Å²) >= 11 is 2.13. The van der Waals surface area contributed by atoms with Gasteiger partial charge in [0.25, 0.3) is 0 Å². The van der Waals surface area contributed by atoms with E-state index in [2.05, 4.69) is 63.0 Å². The predicted octanol–water partition coefficient (Wildman–Crippen LogP) is 4.96. The van der Waals surface area contributed by atoms with Crippen molar-refractivity contribution in [2.24, 2.45) is 5.92 Å². The van der Waals surface area contributed by atoms with Crippen LogP contribution < -0.4 is 0 Å². The topological polar surface area (TPSA) is 35.5 Å². The average Bonchev–Trinajstić information content (AvgIpc) is 2.25. The van der Waals surface area contributed by atoms with Gasteiger partial charge < -0.3 is 9.16 Å². The molecule has 0 saturated carbocycles. The molecule has 0 aliphatic carbocycles. The summed E-state index contributed by atoms with van der Waals surface area (Å²) in [5.41, 5.74) is -0.466. The zero-order valence-electron chi connectivity index (χ0n) is 14.7. The first-order valence-corrected chi connectivity index (χ1v) is 11.5. The summed E-state index contributed by atoms with van der Waals surface area (Å²) < 4.78 is 11.4. The van der Waals surface area contributed by atoms with E-state index in [0.717, 1.165) is 0 Å². The molecule has 5 heteroatoms. The molecular formula is C16H31IO3Si. The Balaban J connectivity index is 4.73. The molecule has 0 spiro atoms. The van der Waals surface area contributed by atoms with E-state index in [9.17, 15) is 4.79 Å². The molecule has 0 saturated heterocycles. The van der Waals surface area contributed by atoms with Crippen LogP contribution in [0.25, 0.3) is 0 Å². The molecule has 2 atom stereocenters. The Bertz CT molecular complexity index is 367. The highest BCUT2D eigenvalue weighted by Crippen LogP contribution is 2.37. The van der Waals surface area contributed by atoms with Crippen LogP contribution in [0.4, 0.5) is 0 Å². The van der Waals surface area contributed by atoms with Crippen LogP contribution >= 0.6 is 22.6 Å². The number of ether oxygens (including phenoxy) is 1. The maximum absolute atomic E-state index is 12.2. The lowest BCUT2D eigenvalue weighted by atomic mass is 10.1. The number of rotatable bonds is 6. The minimum atomic E-state index is -1.81. The van der Waals surface area contributed by atoms with Crippen LogP contribution in [0.5, 0.6) is 0 Å². The third kappa shape index (κ3) is 7.28. The van der Waals surface area contributed by atoms with Crippen molar-refractivity contribution in [1.29, 1.82) is 0 Å². The van der Waals surface area contributed by atoms with Crippen molar-refractivity contribution in [3.05, 3.63) is 12.7 Å². The lowest BCUT2D eigenvalue weighted by Crippen LogP contribution is -2.43. The lowest BCUT2D eigenvalue weighted by Gasteiger charge is -2.37. The second kappa shape index (κ2) is 7.59. The third-order valence-corrected chi connectivity index (χ3v) is 9.69. The summed E-state index contributed by atoms with van der Waals surface area (Å²) in [6.45, 7) is 21.0. The van der Waals surface area contributed by atoms with Crippen LogP contribution in [0.2, 0.25) is 18.1 Å². The van der Waals surface area contributed by atoms with E-state index in [4.69, 9.17) is 9.16 Å². The summed E-state index contributed by atoms with van der Waals surface area (Å²) in [5.74, 6) is -0.235. The molecule has 0 heterocycles. The number of hydrogen-bond acceptors (Lipinski definition) is 3. The van der Waals surface area contributed by atoms with Gasteiger partial charge in [-0.15, -0.1) is 6.58 Å². The van der Waals surface area contributed by atoms with Crippen LogP contribution in [-0.2, 0) is 14.0 Å². The van der Waals surface area contributed by atoms with Crippen LogP contribution in [-0.4, -0.2) is 30.4 Å². The van der Waals surface area contributed by atoms with Gasteiger partial charge in [-0.25, -0.2) is 0 Å². The van der Waals surface area contributed by atoms with Gasteiger partial charge in [-0.05, 0) is 38.9 Å². The maximum atomic E-state index is 12.2. The molecule has 0 radical (unpaired) electrons. The highest BCUT2D eigenvalue weighted by atomic mass is 127. The second-order valence-corrected chi connectivity index (χ2v) is 14.1. The van der Waals surface area contributed by atoms with Crippen molar-refractivity contribution >= 4 is 36.9 Å². The van der Waals surface area contributed by atoms with Crippen molar-refractivity contribution in [2.75, 3.05) is 6.61 Å². The van der Waals surface area contributed by atoms with E-state index < -0.39 is 13.9 Å². The number of halogens is 1. The first-order chi connectivity index (χ1) is 9.21. The molecule has 124 valence electrons. The fourth-order valence-corrected chi connectivity index (χ4v) is 3.00. The van der Waals surface area contributed by atoms with Gasteiger partial charge in [0.1, 0.15) is 9.53 Å². The molecule has 0 aliphatic rings. The first kappa shape index (κ1) is 21.1. The van der Waals surface area contributed by atoms with E-state index in [1.807, 2.05) is 20.8 Å². The number of esters is 1. The van der Waals surface area contributed by atoms with Crippen LogP contribution in [0.15, 0.2) is 12.7 Å². The van der Waals surface area contributed by atoms with E-state index in [0.29, 0.717) is 6.61 Å². The molecule has 3 nitrogen and oxygen atoms in total. The van der Waals surface area contributed by atoms with Crippen molar-refractivity contribution in [1.82, 2.24) is 0 Å². The van der Waals surface area contributed by atoms with Crippen LogP contribution in [0, 0.1) is 5.92 Å². The van der Waals surface area contributed by atoms with Gasteiger partial charge >= 0.3 is 5.97 Å². The van der Waals surface area contributed by atoms with Crippen molar-refractivity contribution < 1.29 is 14.0 Å². The molecule has 0 fully saturated rings. The van der Waals surface area contributed by atoms with Gasteiger partial charge in [0, 0.05) is 12.5 Å². The SMILES string of the molecule is C=C[C@@H](CO[Si](C)(C)C(C)(C)C)[C@@H](I)C(=O)OC(C)(C)C. The van der Waals surface area contributed by atoms with Crippen molar-refractivity contribution in [3.63, 3.8) is 0 Å². The summed E-state index contributed by atoms with van der Waals surface area (Å²) in [6, 6.07) is 0. The quantitative estimate of drug-likeness (QED) is 0.198. The molecule has 21 heavy (non-hydrogen) atoms. The molecule has 0 unspecified atom stereocenters. The second-order valence-electron chi connectivity index (χ2n) is 7.91. The Morgan fingerprint density at radius 2 is 1.71 bits per heavy atom. The standard InChI is InChI=1S/C16H31IO3Si/c1-10-12(11-19-21(8,9)16(5,6)7)13(17)14(18)20-15(2,3)4/h10,12-13H,1,11H2,2-9H3/t12-,13+/m0/s1. The Kier molecular flexibility index (Phi) is 7.64. The van der Waals surface area contributed by atoms with Gasteiger partial charge in [0.2, 0.25) is 0 Å². The molecule has 0 aromatic carbocycles. The predicted molar refractivity (Wildman–Crippen MR) is 100 cm³/mol. The minimum absolute atomic E-state index is 0.0328. The average molecular weight is 426 g/mol. The van der Waals surface area contributed by atoms with Gasteiger partial charge in [-0.1, -0.05) is 49.4 Å². The molecule has 0 aromatic rings. The highest BCUT2D eigenvalue weighted by molar-refractivity contribution is 14.1. The lowest BCUT2D eigenvalue weighted by molar-refractivity contribution is -0.154. The number of carbonyl (C=O) groups excluding carboxylic acids is 1. The summed E-state index contributed by atoms with van der Waals surface area (Å²) in [7, 11) is -1.81. The Hall–Kier alpha value is 0.117. The molecule has 0 rings (SSSR count). The van der Waals surface area contributed by atoms with E-state index in [1.165, 1.54) is 0 Å². The van der Waals surface area contributed by atoms with E-state index in [1.54, 1.807) is 6.08 Å². The Labute approximate surface area is 145 Å². The number of carbonyl (C=O) groups is 1. The molecule has 0 aromatic heterocycles. The molecule has 0 aliphatic heterocycles. The van der Waals surface area contributed by atoms with Gasteiger partial charge in [0.15, 0.2) is 8.32 Å². The van der Waals surface area contributed by atoms with Crippen molar-refractivity contribution in [2.45, 2.75) is 69.2 Å². The Morgan fingerprint density at radius 3 is 2.05 bits per heavy atom. The first-order valence-electron chi connectivity index (χ1n) is 7.35. The smallest absolute Gasteiger partial charge is 0.320 e. The van der Waals surface area contributed by atoms with Gasteiger partial charge in [-0.2, -0.15) is 0 Å². The number of hydrogen-bond donors (Lipinski definition) is 0. The van der Waals surface area contributed by atoms with E-state index in [-0.39, 0.29) is 20.9 Å². The summed E-state index contributed by atoms with van der Waals surface area (Å²) in [4.78, 5) is 12.2. The van der Waals surface area contributed by atoms with Crippen LogP contribution in [0.3, 0.4) is 0 Å². The third-order valence-electron chi connectivity index (χ3n) is 3.75. The fourth-order valence-electron chi connectivity index (χ4n) is 1.33. The fraction of sp³-hybridized carbons (Fsp3) is 0.812. The largest absolute Gasteiger partial charge is 0.459 e. The Morgan fingerprint density at radius 1 is 1.24 bits per heavy atom. The zero-order valence-corrected chi connectivity index (χ0v) is 17.9. The molecule has 0 bridgehead atoms. The molecular weight excluding hydrogens is 395 g/mol. The maximum Gasteiger partial charge on any atom is 0.320 e.